The Hall–Kier alpha value is -1.47. The third kappa shape index (κ3) is 4.03. The highest BCUT2D eigenvalue weighted by molar-refractivity contribution is 7.56. The normalized spacial score (nSPS) is 18.8. The van der Waals surface area contributed by atoms with Gasteiger partial charge in [-0.1, -0.05) is 60.7 Å². The second-order valence-corrected chi connectivity index (χ2v) is 8.95. The molecule has 2 aliphatic heterocycles. The molecule has 0 saturated carbocycles. The van der Waals surface area contributed by atoms with E-state index in [1.165, 1.54) is 68.6 Å². The van der Waals surface area contributed by atoms with Crippen molar-refractivity contribution in [1.29, 1.82) is 0 Å². The SMILES string of the molecule is C(=C(c1ccccc1)c1ccccc1)P(N1CCCC1)N1CCCC1. The summed E-state index contributed by atoms with van der Waals surface area (Å²) in [5, 5.41) is 0. The van der Waals surface area contributed by atoms with Crippen molar-refractivity contribution in [3.8, 4) is 0 Å². The highest BCUT2D eigenvalue weighted by atomic mass is 31.1. The van der Waals surface area contributed by atoms with Crippen molar-refractivity contribution in [3.05, 3.63) is 77.6 Å². The minimum Gasteiger partial charge on any atom is -0.267 e. The number of hydrogen-bond acceptors (Lipinski definition) is 2. The smallest absolute Gasteiger partial charge is 0.0654 e. The van der Waals surface area contributed by atoms with Gasteiger partial charge in [0.2, 0.25) is 0 Å². The van der Waals surface area contributed by atoms with Gasteiger partial charge in [-0.25, -0.2) is 0 Å². The summed E-state index contributed by atoms with van der Waals surface area (Å²) in [6, 6.07) is 21.8. The largest absolute Gasteiger partial charge is 0.267 e. The first-order chi connectivity index (χ1) is 12.4. The highest BCUT2D eigenvalue weighted by Crippen LogP contribution is 2.51. The zero-order valence-corrected chi connectivity index (χ0v) is 15.7. The van der Waals surface area contributed by atoms with Crippen molar-refractivity contribution < 1.29 is 0 Å². The molecular weight excluding hydrogens is 323 g/mol. The van der Waals surface area contributed by atoms with Crippen molar-refractivity contribution >= 4 is 13.8 Å². The fourth-order valence-corrected chi connectivity index (χ4v) is 6.42. The predicted molar refractivity (Wildman–Crippen MR) is 108 cm³/mol. The lowest BCUT2D eigenvalue weighted by molar-refractivity contribution is 0.481. The Balaban J connectivity index is 1.75. The number of rotatable bonds is 5. The summed E-state index contributed by atoms with van der Waals surface area (Å²) in [5.41, 5.74) is 4.06. The average molecular weight is 350 g/mol. The fraction of sp³-hybridized carbons (Fsp3) is 0.364. The van der Waals surface area contributed by atoms with Gasteiger partial charge in [0.1, 0.15) is 0 Å². The maximum absolute atomic E-state index is 2.74. The van der Waals surface area contributed by atoms with Gasteiger partial charge >= 0.3 is 0 Å². The van der Waals surface area contributed by atoms with E-state index < -0.39 is 0 Å². The van der Waals surface area contributed by atoms with E-state index in [2.05, 4.69) is 75.8 Å². The molecule has 0 amide bonds. The Labute approximate surface area is 153 Å². The molecule has 0 aliphatic carbocycles. The van der Waals surface area contributed by atoms with Crippen LogP contribution < -0.4 is 0 Å². The lowest BCUT2D eigenvalue weighted by atomic mass is 10.00. The molecule has 0 spiro atoms. The predicted octanol–water partition coefficient (Wildman–Crippen LogP) is 5.58. The first kappa shape index (κ1) is 17.0. The Bertz CT molecular complexity index is 629. The number of nitrogens with zero attached hydrogens (tertiary/aromatic N) is 2. The quantitative estimate of drug-likeness (QED) is 0.650. The van der Waals surface area contributed by atoms with E-state index in [-0.39, 0.29) is 8.22 Å². The van der Waals surface area contributed by atoms with Crippen LogP contribution in [0.2, 0.25) is 0 Å². The molecule has 4 rings (SSSR count). The molecule has 130 valence electrons. The Morgan fingerprint density at radius 3 is 1.44 bits per heavy atom. The molecule has 2 nitrogen and oxygen atoms in total. The molecular formula is C22H27N2P. The second kappa shape index (κ2) is 8.27. The van der Waals surface area contributed by atoms with Crippen molar-refractivity contribution in [2.24, 2.45) is 0 Å². The second-order valence-electron chi connectivity index (χ2n) is 6.92. The van der Waals surface area contributed by atoms with Crippen LogP contribution in [0.25, 0.3) is 5.57 Å². The molecule has 25 heavy (non-hydrogen) atoms. The topological polar surface area (TPSA) is 6.48 Å². The third-order valence-corrected chi connectivity index (χ3v) is 7.61. The van der Waals surface area contributed by atoms with Crippen LogP contribution in [0.3, 0.4) is 0 Å². The lowest BCUT2D eigenvalue weighted by Crippen LogP contribution is -2.24. The van der Waals surface area contributed by atoms with Crippen LogP contribution in [0, 0.1) is 0 Å². The summed E-state index contributed by atoms with van der Waals surface area (Å²) < 4.78 is 5.49. The summed E-state index contributed by atoms with van der Waals surface area (Å²) in [5.74, 6) is 2.59. The molecule has 2 aromatic rings. The lowest BCUT2D eigenvalue weighted by Gasteiger charge is -2.33. The summed E-state index contributed by atoms with van der Waals surface area (Å²) in [7, 11) is -0.345. The molecule has 2 aromatic carbocycles. The Kier molecular flexibility index (Phi) is 5.62. The van der Waals surface area contributed by atoms with Crippen LogP contribution in [0.15, 0.2) is 66.5 Å². The zero-order valence-electron chi connectivity index (χ0n) is 14.8. The summed E-state index contributed by atoms with van der Waals surface area (Å²) in [6.07, 6.45) is 5.41. The summed E-state index contributed by atoms with van der Waals surface area (Å²) in [4.78, 5) is 0. The van der Waals surface area contributed by atoms with Crippen LogP contribution in [-0.4, -0.2) is 35.5 Å². The van der Waals surface area contributed by atoms with E-state index in [1.54, 1.807) is 0 Å². The molecule has 3 heteroatoms. The van der Waals surface area contributed by atoms with Crippen LogP contribution in [-0.2, 0) is 0 Å². The molecule has 0 N–H and O–H groups in total. The van der Waals surface area contributed by atoms with Gasteiger partial charge in [-0.2, -0.15) is 0 Å². The maximum Gasteiger partial charge on any atom is 0.0654 e. The maximum atomic E-state index is 2.74. The van der Waals surface area contributed by atoms with Crippen LogP contribution in [0.5, 0.6) is 0 Å². The zero-order chi connectivity index (χ0) is 16.9. The standard InChI is InChI=1S/C22H27N2P/c1-3-11-20(12-4-1)22(21-13-5-2-6-14-21)19-25(23-15-7-8-16-23)24-17-9-10-18-24/h1-6,11-14,19H,7-10,15-18H2. The monoisotopic (exact) mass is 350 g/mol. The van der Waals surface area contributed by atoms with Gasteiger partial charge < -0.3 is 0 Å². The average Bonchev–Trinajstić information content (AvgIpc) is 3.38. The van der Waals surface area contributed by atoms with E-state index in [4.69, 9.17) is 0 Å². The van der Waals surface area contributed by atoms with Gasteiger partial charge in [0.15, 0.2) is 0 Å². The molecule has 0 radical (unpaired) electrons. The first-order valence-corrected chi connectivity index (χ1v) is 10.8. The molecule has 2 saturated heterocycles. The molecule has 0 unspecified atom stereocenters. The minimum absolute atomic E-state index is 0.345. The van der Waals surface area contributed by atoms with Gasteiger partial charge in [0, 0.05) is 26.2 Å². The van der Waals surface area contributed by atoms with E-state index >= 15 is 0 Å². The van der Waals surface area contributed by atoms with Gasteiger partial charge in [-0.15, -0.1) is 0 Å². The Morgan fingerprint density at radius 1 is 0.640 bits per heavy atom. The number of hydrogen-bond donors (Lipinski definition) is 0. The van der Waals surface area contributed by atoms with Gasteiger partial charge in [-0.3, -0.25) is 9.34 Å². The van der Waals surface area contributed by atoms with Gasteiger partial charge in [-0.05, 0) is 48.2 Å². The van der Waals surface area contributed by atoms with Crippen molar-refractivity contribution in [3.63, 3.8) is 0 Å². The van der Waals surface area contributed by atoms with Gasteiger partial charge in [0.05, 0.1) is 8.22 Å². The summed E-state index contributed by atoms with van der Waals surface area (Å²) >= 11 is 0. The molecule has 0 atom stereocenters. The molecule has 0 bridgehead atoms. The van der Waals surface area contributed by atoms with Crippen LogP contribution in [0.4, 0.5) is 0 Å². The van der Waals surface area contributed by atoms with Crippen LogP contribution in [0.1, 0.15) is 36.8 Å². The summed E-state index contributed by atoms with van der Waals surface area (Å²) in [6.45, 7) is 5.04. The molecule has 2 aliphatic rings. The van der Waals surface area contributed by atoms with Gasteiger partial charge in [0.25, 0.3) is 0 Å². The number of benzene rings is 2. The van der Waals surface area contributed by atoms with E-state index in [0.29, 0.717) is 0 Å². The van der Waals surface area contributed by atoms with E-state index in [0.717, 1.165) is 0 Å². The van der Waals surface area contributed by atoms with Crippen molar-refractivity contribution in [2.75, 3.05) is 26.2 Å². The molecule has 2 fully saturated rings. The minimum atomic E-state index is -0.345. The molecule has 2 heterocycles. The Morgan fingerprint density at radius 2 is 1.04 bits per heavy atom. The van der Waals surface area contributed by atoms with Crippen molar-refractivity contribution in [2.45, 2.75) is 25.7 Å². The van der Waals surface area contributed by atoms with Crippen molar-refractivity contribution in [1.82, 2.24) is 9.34 Å². The molecule has 0 aromatic heterocycles. The van der Waals surface area contributed by atoms with Crippen LogP contribution >= 0.6 is 8.22 Å². The highest BCUT2D eigenvalue weighted by Gasteiger charge is 2.28. The van der Waals surface area contributed by atoms with E-state index in [1.807, 2.05) is 0 Å². The third-order valence-electron chi connectivity index (χ3n) is 5.16. The van der Waals surface area contributed by atoms with E-state index in [9.17, 15) is 0 Å². The first-order valence-electron chi connectivity index (χ1n) is 9.53. The fourth-order valence-electron chi connectivity index (χ4n) is 3.82.